The van der Waals surface area contributed by atoms with Crippen molar-refractivity contribution in [2.24, 2.45) is 0 Å². The lowest BCUT2D eigenvalue weighted by atomic mass is 10.1. The first kappa shape index (κ1) is 18.6. The second kappa shape index (κ2) is 8.48. The van der Waals surface area contributed by atoms with Gasteiger partial charge in [0.15, 0.2) is 0 Å². The Morgan fingerprint density at radius 3 is 2.00 bits per heavy atom. The number of nitrogens with zero attached hydrogens (tertiary/aromatic N) is 1. The number of anilines is 1. The van der Waals surface area contributed by atoms with E-state index in [0.717, 1.165) is 4.90 Å². The summed E-state index contributed by atoms with van der Waals surface area (Å²) in [6.07, 6.45) is 1.30. The van der Waals surface area contributed by atoms with Crippen LogP contribution in [0, 0.1) is 0 Å². The van der Waals surface area contributed by atoms with Crippen molar-refractivity contribution in [3.8, 4) is 11.5 Å². The number of hydrogen-bond donors (Lipinski definition) is 2. The fourth-order valence-corrected chi connectivity index (χ4v) is 2.72. The van der Waals surface area contributed by atoms with E-state index in [9.17, 15) is 9.59 Å². The maximum Gasteiger partial charge on any atom is 0.266 e. The molecule has 1 aliphatic heterocycles. The van der Waals surface area contributed by atoms with Crippen LogP contribution in [0.1, 0.15) is 5.56 Å². The van der Waals surface area contributed by atoms with E-state index in [-0.39, 0.29) is 32.1 Å². The Bertz CT molecular complexity index is 836. The van der Waals surface area contributed by atoms with Crippen molar-refractivity contribution in [1.82, 2.24) is 0 Å². The number of amides is 2. The molecular formula is C20H19NO6. The summed E-state index contributed by atoms with van der Waals surface area (Å²) >= 11 is 0. The number of aliphatic hydroxyl groups excluding tert-OH is 2. The summed E-state index contributed by atoms with van der Waals surface area (Å²) in [6.45, 7) is -0.257. The van der Waals surface area contributed by atoms with Crippen LogP contribution >= 0.6 is 0 Å². The highest BCUT2D eigenvalue weighted by atomic mass is 16.5. The number of aliphatic hydroxyl groups is 2. The van der Waals surface area contributed by atoms with E-state index >= 15 is 0 Å². The van der Waals surface area contributed by atoms with Crippen LogP contribution in [-0.2, 0) is 9.59 Å². The van der Waals surface area contributed by atoms with E-state index < -0.39 is 11.8 Å². The van der Waals surface area contributed by atoms with Gasteiger partial charge in [-0.15, -0.1) is 0 Å². The lowest BCUT2D eigenvalue weighted by Crippen LogP contribution is -2.30. The Kier molecular flexibility index (Phi) is 5.85. The molecule has 0 radical (unpaired) electrons. The zero-order chi connectivity index (χ0) is 19.2. The minimum Gasteiger partial charge on any atom is -0.491 e. The Morgan fingerprint density at radius 2 is 1.44 bits per heavy atom. The van der Waals surface area contributed by atoms with E-state index in [0.29, 0.717) is 22.6 Å². The lowest BCUT2D eigenvalue weighted by Gasteiger charge is -2.18. The fourth-order valence-electron chi connectivity index (χ4n) is 2.72. The third-order valence-corrected chi connectivity index (χ3v) is 3.85. The van der Waals surface area contributed by atoms with Crippen LogP contribution in [0.2, 0.25) is 0 Å². The predicted molar refractivity (Wildman–Crippen MR) is 98.5 cm³/mol. The molecule has 0 unspecified atom stereocenters. The number of imide groups is 1. The minimum absolute atomic E-state index is 0.0539. The first-order valence-electron chi connectivity index (χ1n) is 8.42. The third-order valence-electron chi connectivity index (χ3n) is 3.85. The van der Waals surface area contributed by atoms with E-state index in [4.69, 9.17) is 19.7 Å². The molecule has 0 saturated heterocycles. The zero-order valence-electron chi connectivity index (χ0n) is 14.5. The minimum atomic E-state index is -0.466. The second-order valence-corrected chi connectivity index (χ2v) is 5.71. The van der Waals surface area contributed by atoms with Crippen molar-refractivity contribution in [2.75, 3.05) is 31.3 Å². The van der Waals surface area contributed by atoms with Crippen LogP contribution in [0.3, 0.4) is 0 Å². The molecule has 7 heteroatoms. The van der Waals surface area contributed by atoms with Crippen molar-refractivity contribution in [2.45, 2.75) is 0 Å². The van der Waals surface area contributed by atoms with Gasteiger partial charge in [0.1, 0.15) is 24.7 Å². The average Bonchev–Trinajstić information content (AvgIpc) is 2.99. The Hall–Kier alpha value is -3.16. The number of carbonyl (C=O) groups excluding carboxylic acids is 2. The number of benzene rings is 2. The summed E-state index contributed by atoms with van der Waals surface area (Å²) in [4.78, 5) is 26.4. The molecule has 0 aliphatic carbocycles. The summed E-state index contributed by atoms with van der Waals surface area (Å²) in [6, 6.07) is 13.6. The van der Waals surface area contributed by atoms with E-state index in [1.807, 2.05) is 6.07 Å². The molecule has 0 aromatic heterocycles. The standard InChI is InChI=1S/C20H19NO6/c22-6-8-26-16-10-15(11-17(12-16)27-9-7-23)21-19(24)13-18(20(21)25)14-4-2-1-3-5-14/h1-5,10-13,22-23H,6-9H2. The third kappa shape index (κ3) is 4.16. The monoisotopic (exact) mass is 369 g/mol. The molecule has 2 aromatic carbocycles. The van der Waals surface area contributed by atoms with Gasteiger partial charge in [-0.05, 0) is 5.56 Å². The van der Waals surface area contributed by atoms with Gasteiger partial charge in [0.05, 0.1) is 24.5 Å². The fraction of sp³-hybridized carbons (Fsp3) is 0.200. The van der Waals surface area contributed by atoms with Gasteiger partial charge >= 0.3 is 0 Å². The predicted octanol–water partition coefficient (Wildman–Crippen LogP) is 1.39. The SMILES string of the molecule is O=C1C=C(c2ccccc2)C(=O)N1c1cc(OCCO)cc(OCCO)c1. The Balaban J connectivity index is 1.93. The molecule has 2 aromatic rings. The largest absolute Gasteiger partial charge is 0.491 e. The van der Waals surface area contributed by atoms with E-state index in [1.54, 1.807) is 30.3 Å². The molecule has 3 rings (SSSR count). The molecule has 2 N–H and O–H groups in total. The quantitative estimate of drug-likeness (QED) is 0.683. The van der Waals surface area contributed by atoms with Crippen molar-refractivity contribution < 1.29 is 29.3 Å². The molecule has 0 fully saturated rings. The maximum absolute atomic E-state index is 12.8. The van der Waals surface area contributed by atoms with Gasteiger partial charge in [-0.2, -0.15) is 0 Å². The summed E-state index contributed by atoms with van der Waals surface area (Å²) < 4.78 is 10.8. The summed E-state index contributed by atoms with van der Waals surface area (Å²) in [5.41, 5.74) is 1.25. The van der Waals surface area contributed by atoms with Crippen LogP contribution in [0.4, 0.5) is 5.69 Å². The number of carbonyl (C=O) groups is 2. The summed E-state index contributed by atoms with van der Waals surface area (Å²) in [5, 5.41) is 17.9. The van der Waals surface area contributed by atoms with Gasteiger partial charge in [-0.25, -0.2) is 4.90 Å². The first-order valence-corrected chi connectivity index (χ1v) is 8.42. The number of hydrogen-bond acceptors (Lipinski definition) is 6. The van der Waals surface area contributed by atoms with Crippen LogP contribution in [-0.4, -0.2) is 48.5 Å². The number of rotatable bonds is 8. The van der Waals surface area contributed by atoms with Crippen LogP contribution < -0.4 is 14.4 Å². The Labute approximate surface area is 156 Å². The molecule has 140 valence electrons. The van der Waals surface area contributed by atoms with Gasteiger partial charge in [-0.3, -0.25) is 9.59 Å². The molecular weight excluding hydrogens is 350 g/mol. The lowest BCUT2D eigenvalue weighted by molar-refractivity contribution is -0.119. The van der Waals surface area contributed by atoms with Gasteiger partial charge in [0, 0.05) is 24.3 Å². The first-order chi connectivity index (χ1) is 13.1. The van der Waals surface area contributed by atoms with Gasteiger partial charge in [0.25, 0.3) is 11.8 Å². The molecule has 0 spiro atoms. The normalized spacial score (nSPS) is 13.7. The van der Waals surface area contributed by atoms with Crippen LogP contribution in [0.5, 0.6) is 11.5 Å². The summed E-state index contributed by atoms with van der Waals surface area (Å²) in [7, 11) is 0. The second-order valence-electron chi connectivity index (χ2n) is 5.71. The maximum atomic E-state index is 12.8. The highest BCUT2D eigenvalue weighted by Crippen LogP contribution is 2.33. The van der Waals surface area contributed by atoms with Crippen molar-refractivity contribution in [3.05, 3.63) is 60.2 Å². The van der Waals surface area contributed by atoms with Gasteiger partial charge in [0.2, 0.25) is 0 Å². The topological polar surface area (TPSA) is 96.3 Å². The molecule has 7 nitrogen and oxygen atoms in total. The molecule has 1 heterocycles. The van der Waals surface area contributed by atoms with Gasteiger partial charge < -0.3 is 19.7 Å². The molecule has 0 atom stereocenters. The summed E-state index contributed by atoms with van der Waals surface area (Å²) in [5.74, 6) is -0.239. The van der Waals surface area contributed by atoms with Crippen molar-refractivity contribution in [3.63, 3.8) is 0 Å². The zero-order valence-corrected chi connectivity index (χ0v) is 14.5. The van der Waals surface area contributed by atoms with Crippen molar-refractivity contribution >= 4 is 23.1 Å². The molecule has 27 heavy (non-hydrogen) atoms. The molecule has 0 bridgehead atoms. The average molecular weight is 369 g/mol. The van der Waals surface area contributed by atoms with Gasteiger partial charge in [-0.1, -0.05) is 30.3 Å². The number of ether oxygens (including phenoxy) is 2. The van der Waals surface area contributed by atoms with Crippen LogP contribution in [0.25, 0.3) is 5.57 Å². The molecule has 1 aliphatic rings. The Morgan fingerprint density at radius 1 is 0.852 bits per heavy atom. The van der Waals surface area contributed by atoms with Crippen molar-refractivity contribution in [1.29, 1.82) is 0 Å². The molecule has 2 amide bonds. The highest BCUT2D eigenvalue weighted by Gasteiger charge is 2.33. The smallest absolute Gasteiger partial charge is 0.266 e. The van der Waals surface area contributed by atoms with E-state index in [2.05, 4.69) is 0 Å². The van der Waals surface area contributed by atoms with E-state index in [1.165, 1.54) is 18.2 Å². The highest BCUT2D eigenvalue weighted by molar-refractivity contribution is 6.43. The molecule has 0 saturated carbocycles. The van der Waals surface area contributed by atoms with Crippen LogP contribution in [0.15, 0.2) is 54.6 Å².